The van der Waals surface area contributed by atoms with Crippen molar-refractivity contribution in [3.05, 3.63) is 65.0 Å². The van der Waals surface area contributed by atoms with Crippen LogP contribution in [0, 0.1) is 5.82 Å². The Morgan fingerprint density at radius 3 is 1.91 bits per heavy atom. The molecule has 1 N–H and O–H groups in total. The Labute approximate surface area is 183 Å². The van der Waals surface area contributed by atoms with E-state index in [0.29, 0.717) is 10.8 Å². The van der Waals surface area contributed by atoms with E-state index >= 15 is 0 Å². The zero-order valence-corrected chi connectivity index (χ0v) is 17.5. The Morgan fingerprint density at radius 1 is 0.938 bits per heavy atom. The van der Waals surface area contributed by atoms with Gasteiger partial charge in [0.25, 0.3) is 11.8 Å². The predicted octanol–water partition coefficient (Wildman–Crippen LogP) is 4.20. The van der Waals surface area contributed by atoms with Crippen LogP contribution in [-0.4, -0.2) is 36.1 Å². The molecule has 0 atom stereocenters. The first-order valence-corrected chi connectivity index (χ1v) is 10.1. The molecule has 0 saturated carbocycles. The molecule has 1 heterocycles. The van der Waals surface area contributed by atoms with E-state index in [9.17, 15) is 18.8 Å². The number of carboxylic acid groups (broad SMARTS) is 1. The number of halogens is 1. The lowest BCUT2D eigenvalue weighted by molar-refractivity contribution is -0.136. The van der Waals surface area contributed by atoms with Crippen molar-refractivity contribution in [2.24, 2.45) is 0 Å². The van der Waals surface area contributed by atoms with Gasteiger partial charge in [-0.1, -0.05) is 30.3 Å². The molecular weight excluding hydrogens is 417 g/mol. The van der Waals surface area contributed by atoms with E-state index in [4.69, 9.17) is 14.6 Å². The molecule has 7 nitrogen and oxygen atoms in total. The molecule has 1 aliphatic heterocycles. The van der Waals surface area contributed by atoms with Gasteiger partial charge in [-0.2, -0.15) is 0 Å². The van der Waals surface area contributed by atoms with Crippen LogP contribution >= 0.6 is 0 Å². The van der Waals surface area contributed by atoms with Crippen molar-refractivity contribution in [1.29, 1.82) is 0 Å². The summed E-state index contributed by atoms with van der Waals surface area (Å²) in [4.78, 5) is 38.5. The van der Waals surface area contributed by atoms with E-state index in [0.717, 1.165) is 11.0 Å². The standard InChI is InChI=1S/C24H20FNO6/c1-3-31-21-14-7-5-6-8-15(14)22(32-4-2)20-19(21)23(29)26(24(20)30)17-10-9-13(11-16(17)25)12-18(27)28/h5-11H,3-4,12H2,1-2H3,(H,27,28). The second-order valence-corrected chi connectivity index (χ2v) is 7.12. The van der Waals surface area contributed by atoms with Crippen molar-refractivity contribution in [1.82, 2.24) is 0 Å². The Hall–Kier alpha value is -3.94. The number of ether oxygens (including phenoxy) is 2. The largest absolute Gasteiger partial charge is 0.492 e. The van der Waals surface area contributed by atoms with Crippen LogP contribution in [0.1, 0.15) is 40.1 Å². The molecule has 1 aliphatic rings. The molecule has 3 aromatic carbocycles. The van der Waals surface area contributed by atoms with Gasteiger partial charge >= 0.3 is 5.97 Å². The fourth-order valence-electron chi connectivity index (χ4n) is 3.92. The number of aliphatic carboxylic acids is 1. The van der Waals surface area contributed by atoms with Gasteiger partial charge in [0, 0.05) is 10.8 Å². The maximum atomic E-state index is 14.9. The summed E-state index contributed by atoms with van der Waals surface area (Å²) in [7, 11) is 0. The van der Waals surface area contributed by atoms with Crippen LogP contribution in [0.3, 0.4) is 0 Å². The number of hydrogen-bond acceptors (Lipinski definition) is 5. The van der Waals surface area contributed by atoms with E-state index < -0.39 is 23.6 Å². The van der Waals surface area contributed by atoms with Crippen molar-refractivity contribution in [2.45, 2.75) is 20.3 Å². The van der Waals surface area contributed by atoms with Crippen LogP contribution in [0.2, 0.25) is 0 Å². The normalized spacial score (nSPS) is 12.9. The molecule has 0 bridgehead atoms. The molecule has 0 spiro atoms. The Bertz CT molecular complexity index is 1200. The topological polar surface area (TPSA) is 93.1 Å². The SMILES string of the molecule is CCOc1c2c(c(OCC)c3ccccc13)C(=O)N(c1ccc(CC(=O)O)cc1F)C2=O. The van der Waals surface area contributed by atoms with Gasteiger partial charge in [0.1, 0.15) is 17.3 Å². The highest BCUT2D eigenvalue weighted by molar-refractivity contribution is 6.38. The van der Waals surface area contributed by atoms with Crippen molar-refractivity contribution >= 4 is 34.2 Å². The zero-order chi connectivity index (χ0) is 23.0. The van der Waals surface area contributed by atoms with Crippen molar-refractivity contribution in [2.75, 3.05) is 18.1 Å². The van der Waals surface area contributed by atoms with E-state index in [2.05, 4.69) is 0 Å². The van der Waals surface area contributed by atoms with E-state index in [-0.39, 0.29) is 53.5 Å². The first-order chi connectivity index (χ1) is 15.4. The molecule has 164 valence electrons. The van der Waals surface area contributed by atoms with Gasteiger partial charge in [-0.25, -0.2) is 9.29 Å². The average molecular weight is 437 g/mol. The van der Waals surface area contributed by atoms with Crippen molar-refractivity contribution in [3.8, 4) is 11.5 Å². The minimum atomic E-state index is -1.12. The highest BCUT2D eigenvalue weighted by Crippen LogP contribution is 2.46. The number of benzene rings is 3. The fourth-order valence-corrected chi connectivity index (χ4v) is 3.92. The number of amides is 2. The summed E-state index contributed by atoms with van der Waals surface area (Å²) in [5.74, 6) is -2.98. The molecule has 0 radical (unpaired) electrons. The van der Waals surface area contributed by atoms with E-state index in [1.807, 2.05) is 0 Å². The van der Waals surface area contributed by atoms with Crippen LogP contribution in [0.4, 0.5) is 10.1 Å². The monoisotopic (exact) mass is 437 g/mol. The number of fused-ring (bicyclic) bond motifs is 2. The fraction of sp³-hybridized carbons (Fsp3) is 0.208. The molecule has 8 heteroatoms. The highest BCUT2D eigenvalue weighted by Gasteiger charge is 2.44. The lowest BCUT2D eigenvalue weighted by Gasteiger charge is -2.15. The van der Waals surface area contributed by atoms with Gasteiger partial charge < -0.3 is 14.6 Å². The number of nitrogens with zero attached hydrogens (tertiary/aromatic N) is 1. The summed E-state index contributed by atoms with van der Waals surface area (Å²) in [5.41, 5.74) is -0.00794. The van der Waals surface area contributed by atoms with E-state index in [1.165, 1.54) is 12.1 Å². The first-order valence-electron chi connectivity index (χ1n) is 10.1. The smallest absolute Gasteiger partial charge is 0.307 e. The molecule has 32 heavy (non-hydrogen) atoms. The third kappa shape index (κ3) is 3.33. The Balaban J connectivity index is 1.94. The highest BCUT2D eigenvalue weighted by atomic mass is 19.1. The molecule has 3 aromatic rings. The number of carbonyl (C=O) groups is 3. The summed E-state index contributed by atoms with van der Waals surface area (Å²) in [6, 6.07) is 10.7. The molecule has 0 unspecified atom stereocenters. The van der Waals surface area contributed by atoms with Crippen molar-refractivity contribution < 1.29 is 33.4 Å². The number of carbonyl (C=O) groups excluding carboxylic acids is 2. The van der Waals surface area contributed by atoms with Gasteiger partial charge in [0.05, 0.1) is 36.4 Å². The minimum Gasteiger partial charge on any atom is -0.492 e. The number of hydrogen-bond donors (Lipinski definition) is 1. The summed E-state index contributed by atoms with van der Waals surface area (Å²) in [6.07, 6.45) is -0.381. The molecule has 0 aromatic heterocycles. The molecular formula is C24H20FNO6. The summed E-state index contributed by atoms with van der Waals surface area (Å²) in [5, 5.41) is 10.1. The van der Waals surface area contributed by atoms with Crippen LogP contribution in [0.25, 0.3) is 10.8 Å². The Kier molecular flexibility index (Phi) is 5.52. The van der Waals surface area contributed by atoms with Crippen LogP contribution in [-0.2, 0) is 11.2 Å². The van der Waals surface area contributed by atoms with Gasteiger partial charge in [0.15, 0.2) is 0 Å². The van der Waals surface area contributed by atoms with Crippen LogP contribution < -0.4 is 14.4 Å². The number of carboxylic acids is 1. The van der Waals surface area contributed by atoms with Gasteiger partial charge in [-0.15, -0.1) is 0 Å². The predicted molar refractivity (Wildman–Crippen MR) is 115 cm³/mol. The summed E-state index contributed by atoms with van der Waals surface area (Å²) < 4.78 is 26.5. The summed E-state index contributed by atoms with van der Waals surface area (Å²) in [6.45, 7) is 4.03. The lowest BCUT2D eigenvalue weighted by atomic mass is 9.99. The van der Waals surface area contributed by atoms with Crippen molar-refractivity contribution in [3.63, 3.8) is 0 Å². The van der Waals surface area contributed by atoms with Gasteiger partial charge in [-0.3, -0.25) is 14.4 Å². The molecule has 0 saturated heterocycles. The minimum absolute atomic E-state index is 0.0213. The van der Waals surface area contributed by atoms with Gasteiger partial charge in [-0.05, 0) is 31.5 Å². The second kappa shape index (κ2) is 8.30. The number of imide groups is 1. The van der Waals surface area contributed by atoms with Crippen LogP contribution in [0.5, 0.6) is 11.5 Å². The number of rotatable bonds is 7. The first kappa shape index (κ1) is 21.3. The molecule has 4 rings (SSSR count). The average Bonchev–Trinajstić information content (AvgIpc) is 3.01. The maximum absolute atomic E-state index is 14.9. The number of anilines is 1. The Morgan fingerprint density at radius 2 is 1.47 bits per heavy atom. The lowest BCUT2D eigenvalue weighted by Crippen LogP contribution is -2.30. The van der Waals surface area contributed by atoms with Crippen LogP contribution in [0.15, 0.2) is 42.5 Å². The second-order valence-electron chi connectivity index (χ2n) is 7.12. The quantitative estimate of drug-likeness (QED) is 0.557. The zero-order valence-electron chi connectivity index (χ0n) is 17.5. The maximum Gasteiger partial charge on any atom is 0.307 e. The molecule has 2 amide bonds. The summed E-state index contributed by atoms with van der Waals surface area (Å²) >= 11 is 0. The van der Waals surface area contributed by atoms with Gasteiger partial charge in [0.2, 0.25) is 0 Å². The molecule has 0 aliphatic carbocycles. The third-order valence-electron chi connectivity index (χ3n) is 5.14. The third-order valence-corrected chi connectivity index (χ3v) is 5.14. The van der Waals surface area contributed by atoms with E-state index in [1.54, 1.807) is 38.1 Å². The molecule has 0 fully saturated rings.